The highest BCUT2D eigenvalue weighted by Gasteiger charge is 2.52. The minimum absolute atomic E-state index is 0.508. The van der Waals surface area contributed by atoms with E-state index in [-0.39, 0.29) is 0 Å². The molecule has 0 bridgehead atoms. The van der Waals surface area contributed by atoms with Crippen LogP contribution in [0.25, 0.3) is 0 Å². The van der Waals surface area contributed by atoms with Crippen LogP contribution in [0.2, 0.25) is 0 Å². The standard InChI is InChI=1S/C12H15NO2S/c1-9-4-2-5-10-11(9)16(14,15)12(8-13-10)6-3-7-12/h2,4-5,13H,3,6-8H2,1H3. The maximum Gasteiger partial charge on any atom is 0.188 e. The number of anilines is 1. The lowest BCUT2D eigenvalue weighted by atomic mass is 9.84. The van der Waals surface area contributed by atoms with Gasteiger partial charge in [0, 0.05) is 6.54 Å². The van der Waals surface area contributed by atoms with E-state index in [9.17, 15) is 8.42 Å². The zero-order chi connectivity index (χ0) is 11.4. The van der Waals surface area contributed by atoms with Gasteiger partial charge in [-0.1, -0.05) is 18.6 Å². The van der Waals surface area contributed by atoms with E-state index in [0.29, 0.717) is 11.4 Å². The lowest BCUT2D eigenvalue weighted by molar-refractivity contribution is 0.347. The summed E-state index contributed by atoms with van der Waals surface area (Å²) in [7, 11) is -3.14. The molecular formula is C12H15NO2S. The van der Waals surface area contributed by atoms with Gasteiger partial charge in [0.2, 0.25) is 0 Å². The molecule has 1 aromatic carbocycles. The third-order valence-corrected chi connectivity index (χ3v) is 6.69. The highest BCUT2D eigenvalue weighted by Crippen LogP contribution is 2.48. The zero-order valence-corrected chi connectivity index (χ0v) is 10.1. The van der Waals surface area contributed by atoms with Crippen LogP contribution < -0.4 is 5.32 Å². The second-order valence-corrected chi connectivity index (χ2v) is 7.13. The maximum absolute atomic E-state index is 12.6. The summed E-state index contributed by atoms with van der Waals surface area (Å²) in [6, 6.07) is 5.62. The number of fused-ring (bicyclic) bond motifs is 1. The fraction of sp³-hybridized carbons (Fsp3) is 0.500. The van der Waals surface area contributed by atoms with Gasteiger partial charge in [-0.3, -0.25) is 0 Å². The molecule has 16 heavy (non-hydrogen) atoms. The molecule has 2 aliphatic rings. The van der Waals surface area contributed by atoms with E-state index in [1.165, 1.54) is 0 Å². The molecule has 0 radical (unpaired) electrons. The summed E-state index contributed by atoms with van der Waals surface area (Å²) in [6.45, 7) is 2.45. The first kappa shape index (κ1) is 10.1. The van der Waals surface area contributed by atoms with Gasteiger partial charge in [-0.15, -0.1) is 0 Å². The molecule has 1 aliphatic heterocycles. The third-order valence-electron chi connectivity index (χ3n) is 3.92. The van der Waals surface area contributed by atoms with Crippen molar-refractivity contribution < 1.29 is 8.42 Å². The van der Waals surface area contributed by atoms with Gasteiger partial charge >= 0.3 is 0 Å². The van der Waals surface area contributed by atoms with E-state index < -0.39 is 14.6 Å². The van der Waals surface area contributed by atoms with Crippen molar-refractivity contribution in [3.8, 4) is 0 Å². The van der Waals surface area contributed by atoms with Crippen LogP contribution in [-0.2, 0) is 9.84 Å². The number of hydrogen-bond acceptors (Lipinski definition) is 3. The highest BCUT2D eigenvalue weighted by atomic mass is 32.2. The van der Waals surface area contributed by atoms with E-state index in [4.69, 9.17) is 0 Å². The van der Waals surface area contributed by atoms with Crippen LogP contribution in [-0.4, -0.2) is 19.7 Å². The fourth-order valence-corrected chi connectivity index (χ4v) is 5.18. The van der Waals surface area contributed by atoms with Crippen molar-refractivity contribution in [1.82, 2.24) is 0 Å². The van der Waals surface area contributed by atoms with Crippen molar-refractivity contribution in [3.63, 3.8) is 0 Å². The Morgan fingerprint density at radius 1 is 1.31 bits per heavy atom. The summed E-state index contributed by atoms with van der Waals surface area (Å²) in [5, 5.41) is 3.27. The molecule has 0 amide bonds. The quantitative estimate of drug-likeness (QED) is 0.751. The third kappa shape index (κ3) is 1.05. The van der Waals surface area contributed by atoms with E-state index in [1.807, 2.05) is 25.1 Å². The number of aryl methyl sites for hydroxylation is 1. The van der Waals surface area contributed by atoms with Crippen LogP contribution in [0, 0.1) is 6.92 Å². The van der Waals surface area contributed by atoms with Crippen molar-refractivity contribution in [2.75, 3.05) is 11.9 Å². The van der Waals surface area contributed by atoms with Crippen LogP contribution in [0.4, 0.5) is 5.69 Å². The fourth-order valence-electron chi connectivity index (χ4n) is 2.73. The van der Waals surface area contributed by atoms with E-state index in [1.54, 1.807) is 0 Å². The molecule has 0 aromatic heterocycles. The molecular weight excluding hydrogens is 222 g/mol. The first-order valence-electron chi connectivity index (χ1n) is 5.65. The predicted molar refractivity (Wildman–Crippen MR) is 63.4 cm³/mol. The molecule has 1 saturated carbocycles. The van der Waals surface area contributed by atoms with Gasteiger partial charge in [-0.2, -0.15) is 0 Å². The SMILES string of the molecule is Cc1cccc2c1S(=O)(=O)C1(CCC1)CN2. The van der Waals surface area contributed by atoms with Crippen molar-refractivity contribution in [2.45, 2.75) is 35.8 Å². The number of benzene rings is 1. The number of hydrogen-bond donors (Lipinski definition) is 1. The first-order valence-corrected chi connectivity index (χ1v) is 7.13. The summed E-state index contributed by atoms with van der Waals surface area (Å²) >= 11 is 0. The van der Waals surface area contributed by atoms with Gasteiger partial charge in [0.25, 0.3) is 0 Å². The molecule has 1 N–H and O–H groups in total. The minimum Gasteiger partial charge on any atom is -0.382 e. The van der Waals surface area contributed by atoms with Crippen molar-refractivity contribution in [1.29, 1.82) is 0 Å². The molecule has 0 atom stereocenters. The molecule has 0 saturated heterocycles. The Morgan fingerprint density at radius 3 is 2.69 bits per heavy atom. The molecule has 0 unspecified atom stereocenters. The molecule has 1 spiro atoms. The van der Waals surface area contributed by atoms with Crippen LogP contribution >= 0.6 is 0 Å². The minimum atomic E-state index is -3.14. The summed E-state index contributed by atoms with van der Waals surface area (Å²) in [5.41, 5.74) is 1.63. The molecule has 1 heterocycles. The van der Waals surface area contributed by atoms with E-state index in [0.717, 1.165) is 30.5 Å². The Bertz CT molecular complexity index is 544. The largest absolute Gasteiger partial charge is 0.382 e. The Balaban J connectivity index is 2.26. The second-order valence-electron chi connectivity index (χ2n) is 4.85. The monoisotopic (exact) mass is 237 g/mol. The average Bonchev–Trinajstić information content (AvgIpc) is 2.14. The average molecular weight is 237 g/mol. The topological polar surface area (TPSA) is 46.2 Å². The van der Waals surface area contributed by atoms with Crippen LogP contribution in [0.3, 0.4) is 0 Å². The van der Waals surface area contributed by atoms with Gasteiger partial charge in [-0.25, -0.2) is 8.42 Å². The van der Waals surface area contributed by atoms with Gasteiger partial charge in [0.1, 0.15) is 0 Å². The number of sulfone groups is 1. The van der Waals surface area contributed by atoms with E-state index in [2.05, 4.69) is 5.32 Å². The van der Waals surface area contributed by atoms with E-state index >= 15 is 0 Å². The number of nitrogens with one attached hydrogen (secondary N) is 1. The van der Waals surface area contributed by atoms with Crippen LogP contribution in [0.1, 0.15) is 24.8 Å². The maximum atomic E-state index is 12.6. The van der Waals surface area contributed by atoms with Crippen molar-refractivity contribution in [3.05, 3.63) is 23.8 Å². The van der Waals surface area contributed by atoms with Crippen molar-refractivity contribution in [2.24, 2.45) is 0 Å². The van der Waals surface area contributed by atoms with Gasteiger partial charge in [0.15, 0.2) is 9.84 Å². The van der Waals surface area contributed by atoms with Gasteiger partial charge < -0.3 is 5.32 Å². The summed E-state index contributed by atoms with van der Waals surface area (Å²) in [4.78, 5) is 0.529. The van der Waals surface area contributed by atoms with Crippen LogP contribution in [0.15, 0.2) is 23.1 Å². The highest BCUT2D eigenvalue weighted by molar-refractivity contribution is 7.93. The Labute approximate surface area is 95.8 Å². The normalized spacial score (nSPS) is 24.3. The number of rotatable bonds is 0. The first-order chi connectivity index (χ1) is 7.57. The smallest absolute Gasteiger partial charge is 0.188 e. The Morgan fingerprint density at radius 2 is 2.06 bits per heavy atom. The lowest BCUT2D eigenvalue weighted by Gasteiger charge is -2.44. The summed E-state index contributed by atoms with van der Waals surface area (Å²) in [6.07, 6.45) is 2.63. The van der Waals surface area contributed by atoms with Gasteiger partial charge in [0.05, 0.1) is 15.3 Å². The Hall–Kier alpha value is -1.03. The summed E-state index contributed by atoms with van der Waals surface area (Å²) < 4.78 is 24.7. The van der Waals surface area contributed by atoms with Crippen molar-refractivity contribution >= 4 is 15.5 Å². The summed E-state index contributed by atoms with van der Waals surface area (Å²) in [5.74, 6) is 0. The lowest BCUT2D eigenvalue weighted by Crippen LogP contribution is -2.53. The molecule has 3 nitrogen and oxygen atoms in total. The molecule has 86 valence electrons. The Kier molecular flexibility index (Phi) is 1.90. The zero-order valence-electron chi connectivity index (χ0n) is 9.29. The predicted octanol–water partition coefficient (Wildman–Crippen LogP) is 2.12. The molecule has 1 fully saturated rings. The molecule has 4 heteroatoms. The molecule has 1 aromatic rings. The van der Waals surface area contributed by atoms with Gasteiger partial charge in [-0.05, 0) is 31.4 Å². The molecule has 3 rings (SSSR count). The molecule has 1 aliphatic carbocycles. The second kappa shape index (κ2) is 3.00. The van der Waals surface area contributed by atoms with Crippen LogP contribution in [0.5, 0.6) is 0 Å².